The number of ether oxygens (including phenoxy) is 1. The van der Waals surface area contributed by atoms with Crippen molar-refractivity contribution in [3.05, 3.63) is 34.8 Å². The van der Waals surface area contributed by atoms with Crippen LogP contribution in [0.1, 0.15) is 29.5 Å². The lowest BCUT2D eigenvalue weighted by molar-refractivity contribution is -0.114. The minimum atomic E-state index is -3.93. The highest BCUT2D eigenvalue weighted by atomic mass is 32.2. The van der Waals surface area contributed by atoms with E-state index in [4.69, 9.17) is 4.74 Å². The average Bonchev–Trinajstić information content (AvgIpc) is 3.27. The number of rotatable bonds is 7. The largest absolute Gasteiger partial charge is 0.371 e. The molecule has 1 aliphatic rings. The summed E-state index contributed by atoms with van der Waals surface area (Å²) in [6.45, 7) is 2.56. The summed E-state index contributed by atoms with van der Waals surface area (Å²) in [6.07, 6.45) is 1.65. The van der Waals surface area contributed by atoms with E-state index in [1.54, 1.807) is 24.3 Å². The van der Waals surface area contributed by atoms with E-state index >= 15 is 0 Å². The van der Waals surface area contributed by atoms with Gasteiger partial charge in [0.1, 0.15) is 22.6 Å². The van der Waals surface area contributed by atoms with E-state index in [9.17, 15) is 18.0 Å². The fourth-order valence-electron chi connectivity index (χ4n) is 2.63. The Hall–Kier alpha value is -2.37. The van der Waals surface area contributed by atoms with Crippen molar-refractivity contribution in [2.24, 2.45) is 0 Å². The third-order valence-corrected chi connectivity index (χ3v) is 6.26. The van der Waals surface area contributed by atoms with Crippen LogP contribution in [0, 0.1) is 6.92 Å². The molecule has 2 heterocycles. The van der Waals surface area contributed by atoms with Crippen molar-refractivity contribution in [1.29, 1.82) is 0 Å². The molecule has 1 atom stereocenters. The van der Waals surface area contributed by atoms with Crippen molar-refractivity contribution in [3.8, 4) is 0 Å². The molecule has 1 unspecified atom stereocenters. The summed E-state index contributed by atoms with van der Waals surface area (Å²) in [7, 11) is -3.93. The number of sulfone groups is 1. The number of carbonyl (C=O) groups is 2. The molecule has 11 heteroatoms. The van der Waals surface area contributed by atoms with Gasteiger partial charge in [-0.25, -0.2) is 8.42 Å². The van der Waals surface area contributed by atoms with Crippen LogP contribution >= 0.6 is 11.3 Å². The summed E-state index contributed by atoms with van der Waals surface area (Å²) in [5.41, 5.74) is 1.51. The molecule has 2 aromatic rings. The molecule has 0 bridgehead atoms. The predicted octanol–water partition coefficient (Wildman–Crippen LogP) is 1.69. The molecule has 3 rings (SSSR count). The highest BCUT2D eigenvalue weighted by Gasteiger charge is 2.24. The van der Waals surface area contributed by atoms with Crippen molar-refractivity contribution in [2.75, 3.05) is 28.7 Å². The summed E-state index contributed by atoms with van der Waals surface area (Å²) in [4.78, 5) is 24.0. The maximum absolute atomic E-state index is 12.1. The second-order valence-corrected chi connectivity index (χ2v) is 9.52. The number of amides is 2. The Kier molecular flexibility index (Phi) is 6.37. The van der Waals surface area contributed by atoms with E-state index in [0.717, 1.165) is 29.7 Å². The van der Waals surface area contributed by atoms with Crippen LogP contribution < -0.4 is 10.6 Å². The van der Waals surface area contributed by atoms with Crippen molar-refractivity contribution < 1.29 is 22.7 Å². The minimum Gasteiger partial charge on any atom is -0.371 e. The topological polar surface area (TPSA) is 127 Å². The van der Waals surface area contributed by atoms with Gasteiger partial charge in [-0.1, -0.05) is 29.0 Å². The molecule has 1 saturated heterocycles. The lowest BCUT2D eigenvalue weighted by Crippen LogP contribution is -2.30. The van der Waals surface area contributed by atoms with Crippen molar-refractivity contribution in [3.63, 3.8) is 0 Å². The fraction of sp³-hybridized carbons (Fsp3) is 0.412. The number of carbonyl (C=O) groups excluding carboxylic acids is 2. The van der Waals surface area contributed by atoms with E-state index in [-0.39, 0.29) is 11.2 Å². The van der Waals surface area contributed by atoms with Crippen LogP contribution in [0.15, 0.2) is 24.3 Å². The molecule has 2 N–H and O–H groups in total. The first-order valence-electron chi connectivity index (χ1n) is 8.62. The molecule has 0 radical (unpaired) electrons. The maximum Gasteiger partial charge on any atom is 0.241 e. The SMILES string of the molecule is Cc1ccc(NC(=O)CS(=O)(=O)CC(=O)Nc2nnc(C3CCCO3)s2)cc1. The van der Waals surface area contributed by atoms with Crippen molar-refractivity contribution in [2.45, 2.75) is 25.9 Å². The van der Waals surface area contributed by atoms with Crippen LogP contribution in [-0.2, 0) is 24.2 Å². The number of hydrogen-bond acceptors (Lipinski definition) is 8. The zero-order chi connectivity index (χ0) is 20.1. The van der Waals surface area contributed by atoms with Gasteiger partial charge in [0.05, 0.1) is 0 Å². The lowest BCUT2D eigenvalue weighted by Gasteiger charge is -2.06. The highest BCUT2D eigenvalue weighted by molar-refractivity contribution is 7.92. The molecule has 2 amide bonds. The molecule has 0 saturated carbocycles. The lowest BCUT2D eigenvalue weighted by atomic mass is 10.2. The summed E-state index contributed by atoms with van der Waals surface area (Å²) in [5.74, 6) is -3.07. The monoisotopic (exact) mass is 424 g/mol. The first kappa shape index (κ1) is 20.4. The molecule has 9 nitrogen and oxygen atoms in total. The van der Waals surface area contributed by atoms with Gasteiger partial charge in [0.15, 0.2) is 9.84 Å². The number of nitrogens with zero attached hydrogens (tertiary/aromatic N) is 2. The van der Waals surface area contributed by atoms with Gasteiger partial charge in [-0.15, -0.1) is 10.2 Å². The normalized spacial score (nSPS) is 16.7. The predicted molar refractivity (Wildman–Crippen MR) is 105 cm³/mol. The first-order valence-corrected chi connectivity index (χ1v) is 11.3. The molecule has 28 heavy (non-hydrogen) atoms. The van der Waals surface area contributed by atoms with Gasteiger partial charge in [-0.2, -0.15) is 0 Å². The second-order valence-electron chi connectivity index (χ2n) is 6.44. The Morgan fingerprint density at radius 2 is 1.82 bits per heavy atom. The average molecular weight is 425 g/mol. The molecule has 1 fully saturated rings. The molecular formula is C17H20N4O5S2. The molecule has 0 spiro atoms. The van der Waals surface area contributed by atoms with Crippen molar-refractivity contribution in [1.82, 2.24) is 10.2 Å². The van der Waals surface area contributed by atoms with Crippen LogP contribution in [0.5, 0.6) is 0 Å². The third kappa shape index (κ3) is 5.81. The van der Waals surface area contributed by atoms with Crippen LogP contribution in [0.3, 0.4) is 0 Å². The van der Waals surface area contributed by atoms with Crippen LogP contribution in [0.25, 0.3) is 0 Å². The molecular weight excluding hydrogens is 404 g/mol. The zero-order valence-electron chi connectivity index (χ0n) is 15.2. The molecule has 0 aliphatic carbocycles. The van der Waals surface area contributed by atoms with Gasteiger partial charge in [-0.05, 0) is 31.9 Å². The Morgan fingerprint density at radius 1 is 1.14 bits per heavy atom. The molecule has 1 aliphatic heterocycles. The van der Waals surface area contributed by atoms with Gasteiger partial charge in [-0.3, -0.25) is 14.9 Å². The van der Waals surface area contributed by atoms with Gasteiger partial charge in [0, 0.05) is 12.3 Å². The minimum absolute atomic E-state index is 0.127. The van der Waals surface area contributed by atoms with E-state index in [0.29, 0.717) is 17.3 Å². The van der Waals surface area contributed by atoms with Gasteiger partial charge in [0.25, 0.3) is 0 Å². The number of aryl methyl sites for hydroxylation is 1. The fourth-order valence-corrected chi connectivity index (χ4v) is 4.52. The Bertz CT molecular complexity index is 950. The number of anilines is 2. The third-order valence-electron chi connectivity index (χ3n) is 3.93. The van der Waals surface area contributed by atoms with E-state index < -0.39 is 33.2 Å². The summed E-state index contributed by atoms with van der Waals surface area (Å²) >= 11 is 1.15. The quantitative estimate of drug-likeness (QED) is 0.692. The van der Waals surface area contributed by atoms with Crippen LogP contribution in [0.2, 0.25) is 0 Å². The highest BCUT2D eigenvalue weighted by Crippen LogP contribution is 2.31. The second kappa shape index (κ2) is 8.76. The summed E-state index contributed by atoms with van der Waals surface area (Å²) in [6, 6.07) is 6.94. The van der Waals surface area contributed by atoms with Crippen LogP contribution in [0.4, 0.5) is 10.8 Å². The number of aromatic nitrogens is 2. The van der Waals surface area contributed by atoms with Gasteiger partial charge >= 0.3 is 0 Å². The van der Waals surface area contributed by atoms with Gasteiger partial charge < -0.3 is 10.1 Å². The smallest absolute Gasteiger partial charge is 0.241 e. The molecule has 1 aromatic carbocycles. The standard InChI is InChI=1S/C17H20N4O5S2/c1-11-4-6-12(7-5-11)18-14(22)9-28(24,25)10-15(23)19-17-21-20-16(27-17)13-3-2-8-26-13/h4-7,13H,2-3,8-10H2,1H3,(H,18,22)(H,19,21,23). The van der Waals surface area contributed by atoms with E-state index in [1.165, 1.54) is 0 Å². The maximum atomic E-state index is 12.1. The van der Waals surface area contributed by atoms with E-state index in [1.807, 2.05) is 6.92 Å². The van der Waals surface area contributed by atoms with Crippen LogP contribution in [-0.4, -0.2) is 48.5 Å². The molecule has 1 aromatic heterocycles. The number of nitrogens with one attached hydrogen (secondary N) is 2. The Balaban J connectivity index is 1.50. The van der Waals surface area contributed by atoms with Gasteiger partial charge in [0.2, 0.25) is 16.9 Å². The summed E-state index contributed by atoms with van der Waals surface area (Å²) < 4.78 is 29.7. The Morgan fingerprint density at radius 3 is 2.46 bits per heavy atom. The summed E-state index contributed by atoms with van der Waals surface area (Å²) in [5, 5.41) is 13.6. The van der Waals surface area contributed by atoms with E-state index in [2.05, 4.69) is 20.8 Å². The zero-order valence-corrected chi connectivity index (χ0v) is 16.8. The number of hydrogen-bond donors (Lipinski definition) is 2. The Labute approximate surface area is 166 Å². The van der Waals surface area contributed by atoms with Crippen molar-refractivity contribution >= 4 is 43.8 Å². The number of benzene rings is 1. The first-order chi connectivity index (χ1) is 13.3. The molecule has 150 valence electrons.